The molecule has 0 aliphatic carbocycles. The minimum absolute atomic E-state index is 0.00625. The van der Waals surface area contributed by atoms with Crippen molar-refractivity contribution >= 4 is 21.8 Å². The molecular formula is C16H13NO5S. The minimum atomic E-state index is -4.37. The molecule has 0 bridgehead atoms. The SMILES string of the molecule is C#CCOc1ccccc1S(=O)(=O)N(C(=O)O)c1ccccc1. The summed E-state index contributed by atoms with van der Waals surface area (Å²) in [6.07, 6.45) is 3.48. The van der Waals surface area contributed by atoms with Crippen molar-refractivity contribution in [3.05, 3.63) is 54.6 Å². The first-order valence-electron chi connectivity index (χ1n) is 6.47. The molecule has 1 N–H and O–H groups in total. The van der Waals surface area contributed by atoms with Gasteiger partial charge in [-0.3, -0.25) is 0 Å². The molecule has 1 amide bonds. The van der Waals surface area contributed by atoms with E-state index in [0.717, 1.165) is 0 Å². The molecule has 6 nitrogen and oxygen atoms in total. The van der Waals surface area contributed by atoms with Crippen LogP contribution in [0.15, 0.2) is 59.5 Å². The van der Waals surface area contributed by atoms with E-state index in [-0.39, 0.29) is 22.9 Å². The number of hydrogen-bond donors (Lipinski definition) is 1. The van der Waals surface area contributed by atoms with Crippen molar-refractivity contribution in [1.29, 1.82) is 0 Å². The molecule has 0 radical (unpaired) electrons. The number of para-hydroxylation sites is 2. The van der Waals surface area contributed by atoms with Crippen LogP contribution in [0.1, 0.15) is 0 Å². The lowest BCUT2D eigenvalue weighted by Crippen LogP contribution is -2.36. The number of carboxylic acid groups (broad SMARTS) is 1. The Hall–Kier alpha value is -2.98. The second kappa shape index (κ2) is 6.85. The normalized spacial score (nSPS) is 10.6. The second-order valence-corrected chi connectivity index (χ2v) is 6.08. The van der Waals surface area contributed by atoms with Gasteiger partial charge in [0.25, 0.3) is 10.0 Å². The molecular weight excluding hydrogens is 318 g/mol. The zero-order valence-electron chi connectivity index (χ0n) is 11.9. The number of carbonyl (C=O) groups is 1. The van der Waals surface area contributed by atoms with Crippen LogP contribution >= 0.6 is 0 Å². The van der Waals surface area contributed by atoms with Gasteiger partial charge in [-0.2, -0.15) is 4.31 Å². The first-order valence-corrected chi connectivity index (χ1v) is 7.91. The van der Waals surface area contributed by atoms with Crippen molar-refractivity contribution in [2.45, 2.75) is 4.90 Å². The van der Waals surface area contributed by atoms with Gasteiger partial charge in [-0.15, -0.1) is 6.42 Å². The Kier molecular flexibility index (Phi) is 4.88. The van der Waals surface area contributed by atoms with Crippen LogP contribution in [-0.4, -0.2) is 26.2 Å². The summed E-state index contributed by atoms with van der Waals surface area (Å²) in [4.78, 5) is 11.2. The third-order valence-corrected chi connectivity index (χ3v) is 4.58. The molecule has 0 aliphatic rings. The van der Waals surface area contributed by atoms with Crippen LogP contribution in [0.5, 0.6) is 5.75 Å². The molecule has 0 aromatic heterocycles. The monoisotopic (exact) mass is 331 g/mol. The number of terminal acetylenes is 1. The maximum Gasteiger partial charge on any atom is 0.426 e. The fourth-order valence-electron chi connectivity index (χ4n) is 1.92. The summed E-state index contributed by atoms with van der Waals surface area (Å²) in [7, 11) is -4.37. The van der Waals surface area contributed by atoms with Gasteiger partial charge in [0.1, 0.15) is 17.3 Å². The van der Waals surface area contributed by atoms with Crippen LogP contribution in [-0.2, 0) is 10.0 Å². The van der Waals surface area contributed by atoms with Crippen LogP contribution < -0.4 is 9.04 Å². The number of rotatable bonds is 5. The molecule has 0 fully saturated rings. The van der Waals surface area contributed by atoms with Crippen LogP contribution in [0.25, 0.3) is 0 Å². The lowest BCUT2D eigenvalue weighted by Gasteiger charge is -2.20. The first kappa shape index (κ1) is 16.4. The smallest absolute Gasteiger partial charge is 0.426 e. The fraction of sp³-hybridized carbons (Fsp3) is 0.0625. The highest BCUT2D eigenvalue weighted by molar-refractivity contribution is 7.93. The summed E-state index contributed by atoms with van der Waals surface area (Å²) in [6, 6.07) is 13.2. The predicted molar refractivity (Wildman–Crippen MR) is 84.9 cm³/mol. The Bertz CT molecular complexity index is 840. The highest BCUT2D eigenvalue weighted by Gasteiger charge is 2.33. The minimum Gasteiger partial charge on any atom is -0.480 e. The Morgan fingerprint density at radius 2 is 1.74 bits per heavy atom. The van der Waals surface area contributed by atoms with E-state index in [0.29, 0.717) is 4.31 Å². The highest BCUT2D eigenvalue weighted by atomic mass is 32.2. The molecule has 0 saturated carbocycles. The number of benzene rings is 2. The third kappa shape index (κ3) is 3.44. The van der Waals surface area contributed by atoms with Gasteiger partial charge in [-0.05, 0) is 24.3 Å². The Morgan fingerprint density at radius 1 is 1.13 bits per heavy atom. The fourth-order valence-corrected chi connectivity index (χ4v) is 3.35. The molecule has 0 heterocycles. The maximum absolute atomic E-state index is 12.8. The van der Waals surface area contributed by atoms with Crippen molar-refractivity contribution in [1.82, 2.24) is 0 Å². The van der Waals surface area contributed by atoms with Crippen LogP contribution in [0.2, 0.25) is 0 Å². The molecule has 2 aromatic rings. The Labute approximate surface area is 134 Å². The van der Waals surface area contributed by atoms with E-state index < -0.39 is 16.1 Å². The summed E-state index contributed by atoms with van der Waals surface area (Å²) in [5.41, 5.74) is 0.00625. The van der Waals surface area contributed by atoms with Gasteiger partial charge in [0, 0.05) is 0 Å². The van der Waals surface area contributed by atoms with Crippen LogP contribution in [0, 0.1) is 12.3 Å². The summed E-state index contributed by atoms with van der Waals surface area (Å²) >= 11 is 0. The van der Waals surface area contributed by atoms with Crippen LogP contribution in [0.3, 0.4) is 0 Å². The maximum atomic E-state index is 12.8. The topological polar surface area (TPSA) is 83.9 Å². The number of anilines is 1. The Balaban J connectivity index is 2.56. The largest absolute Gasteiger partial charge is 0.480 e. The summed E-state index contributed by atoms with van der Waals surface area (Å²) < 4.78 is 31.0. The van der Waals surface area contributed by atoms with Crippen molar-refractivity contribution in [2.75, 3.05) is 10.9 Å². The van der Waals surface area contributed by atoms with Crippen molar-refractivity contribution in [3.63, 3.8) is 0 Å². The van der Waals surface area contributed by atoms with Gasteiger partial charge in [0.2, 0.25) is 0 Å². The number of sulfonamides is 1. The molecule has 118 valence electrons. The lowest BCUT2D eigenvalue weighted by atomic mass is 10.3. The zero-order chi connectivity index (χ0) is 16.9. The van der Waals surface area contributed by atoms with Crippen molar-refractivity contribution in [2.24, 2.45) is 0 Å². The van der Waals surface area contributed by atoms with E-state index >= 15 is 0 Å². The van der Waals surface area contributed by atoms with E-state index in [1.54, 1.807) is 24.3 Å². The number of ether oxygens (including phenoxy) is 1. The van der Waals surface area contributed by atoms with E-state index in [2.05, 4.69) is 5.92 Å². The molecule has 0 spiro atoms. The van der Waals surface area contributed by atoms with E-state index in [1.807, 2.05) is 0 Å². The Morgan fingerprint density at radius 3 is 2.35 bits per heavy atom. The number of amides is 1. The van der Waals surface area contributed by atoms with E-state index in [4.69, 9.17) is 11.2 Å². The lowest BCUT2D eigenvalue weighted by molar-refractivity contribution is 0.206. The average Bonchev–Trinajstić information content (AvgIpc) is 2.53. The van der Waals surface area contributed by atoms with Gasteiger partial charge in [0.05, 0.1) is 5.69 Å². The average molecular weight is 331 g/mol. The first-order chi connectivity index (χ1) is 11.0. The third-order valence-electron chi connectivity index (χ3n) is 2.84. The summed E-state index contributed by atoms with van der Waals surface area (Å²) in [5, 5.41) is 9.36. The molecule has 0 aliphatic heterocycles. The highest BCUT2D eigenvalue weighted by Crippen LogP contribution is 2.30. The summed E-state index contributed by atoms with van der Waals surface area (Å²) in [6.45, 7) is -0.134. The molecule has 23 heavy (non-hydrogen) atoms. The standard InChI is InChI=1S/C16H13NO5S/c1-2-12-22-14-10-6-7-11-15(14)23(20,21)17(16(18)19)13-8-4-3-5-9-13/h1,3-11H,12H2,(H,18,19). The number of hydrogen-bond acceptors (Lipinski definition) is 4. The quantitative estimate of drug-likeness (QED) is 0.851. The van der Waals surface area contributed by atoms with Gasteiger partial charge in [-0.1, -0.05) is 36.3 Å². The summed E-state index contributed by atoms with van der Waals surface area (Å²) in [5.74, 6) is 2.22. The molecule has 0 unspecified atom stereocenters. The predicted octanol–water partition coefficient (Wildman–Crippen LogP) is 2.57. The second-order valence-electron chi connectivity index (χ2n) is 4.33. The van der Waals surface area contributed by atoms with Crippen molar-refractivity contribution < 1.29 is 23.1 Å². The van der Waals surface area contributed by atoms with E-state index in [9.17, 15) is 18.3 Å². The van der Waals surface area contributed by atoms with E-state index in [1.165, 1.54) is 30.3 Å². The zero-order valence-corrected chi connectivity index (χ0v) is 12.7. The van der Waals surface area contributed by atoms with Gasteiger partial charge in [0.15, 0.2) is 0 Å². The van der Waals surface area contributed by atoms with Crippen molar-refractivity contribution in [3.8, 4) is 18.1 Å². The molecule has 0 atom stereocenters. The van der Waals surface area contributed by atoms with Gasteiger partial charge >= 0.3 is 6.09 Å². The molecule has 2 rings (SSSR count). The number of nitrogens with zero attached hydrogens (tertiary/aromatic N) is 1. The van der Waals surface area contributed by atoms with Gasteiger partial charge < -0.3 is 9.84 Å². The van der Waals surface area contributed by atoms with Gasteiger partial charge in [-0.25, -0.2) is 13.2 Å². The molecule has 0 saturated heterocycles. The molecule has 7 heteroatoms. The van der Waals surface area contributed by atoms with Crippen LogP contribution in [0.4, 0.5) is 10.5 Å². The molecule has 2 aromatic carbocycles.